The number of benzene rings is 2. The Morgan fingerprint density at radius 1 is 1.15 bits per heavy atom. The topological polar surface area (TPSA) is 76.7 Å². The molecule has 2 rings (SSSR count). The first kappa shape index (κ1) is 19.5. The number of amides is 2. The standard InChI is InChI=1S/C18H18ClFN2O4/c1-3-26-17-14(19)9-12(10-15(17)25-2)18(24)22-21-16(23)8-11-4-6-13(20)7-5-11/h4-7,9-10H,3,8H2,1-2H3,(H,21,23)(H,22,24). The summed E-state index contributed by atoms with van der Waals surface area (Å²) in [5.74, 6) is -0.755. The summed E-state index contributed by atoms with van der Waals surface area (Å²) in [5.41, 5.74) is 5.39. The second-order valence-corrected chi connectivity index (χ2v) is 5.64. The molecule has 0 aromatic heterocycles. The van der Waals surface area contributed by atoms with Crippen LogP contribution in [0.4, 0.5) is 4.39 Å². The summed E-state index contributed by atoms with van der Waals surface area (Å²) in [4.78, 5) is 24.1. The Morgan fingerprint density at radius 3 is 2.46 bits per heavy atom. The molecule has 0 saturated heterocycles. The molecule has 2 N–H and O–H groups in total. The van der Waals surface area contributed by atoms with Crippen LogP contribution in [0.5, 0.6) is 11.5 Å². The van der Waals surface area contributed by atoms with Crippen molar-refractivity contribution in [3.05, 3.63) is 58.4 Å². The number of hydrogen-bond acceptors (Lipinski definition) is 4. The molecule has 2 amide bonds. The number of halogens is 2. The highest BCUT2D eigenvalue weighted by Crippen LogP contribution is 2.36. The van der Waals surface area contributed by atoms with E-state index < -0.39 is 11.8 Å². The zero-order valence-corrected chi connectivity index (χ0v) is 15.0. The van der Waals surface area contributed by atoms with Crippen molar-refractivity contribution in [1.29, 1.82) is 0 Å². The fourth-order valence-corrected chi connectivity index (χ4v) is 2.43. The molecule has 0 spiro atoms. The van der Waals surface area contributed by atoms with Crippen molar-refractivity contribution in [2.45, 2.75) is 13.3 Å². The van der Waals surface area contributed by atoms with Gasteiger partial charge < -0.3 is 9.47 Å². The van der Waals surface area contributed by atoms with E-state index in [0.29, 0.717) is 23.7 Å². The van der Waals surface area contributed by atoms with E-state index in [4.69, 9.17) is 21.1 Å². The summed E-state index contributed by atoms with van der Waals surface area (Å²) in [5, 5.41) is 0.217. The number of nitrogens with one attached hydrogen (secondary N) is 2. The van der Waals surface area contributed by atoms with Gasteiger partial charge in [-0.1, -0.05) is 23.7 Å². The maximum atomic E-state index is 12.8. The minimum atomic E-state index is -0.569. The molecular weight excluding hydrogens is 363 g/mol. The van der Waals surface area contributed by atoms with Gasteiger partial charge in [-0.25, -0.2) is 4.39 Å². The third-order valence-corrected chi connectivity index (χ3v) is 3.65. The van der Waals surface area contributed by atoms with Crippen molar-refractivity contribution < 1.29 is 23.5 Å². The molecule has 0 aliphatic heterocycles. The Hall–Kier alpha value is -2.80. The van der Waals surface area contributed by atoms with Gasteiger partial charge in [0.25, 0.3) is 5.91 Å². The Labute approximate surface area is 155 Å². The Bertz CT molecular complexity index is 797. The lowest BCUT2D eigenvalue weighted by Gasteiger charge is -2.13. The average Bonchev–Trinajstić information content (AvgIpc) is 2.63. The molecule has 2 aromatic carbocycles. The summed E-state index contributed by atoms with van der Waals surface area (Å²) in [6, 6.07) is 8.38. The molecular formula is C18H18ClFN2O4. The van der Waals surface area contributed by atoms with Crippen LogP contribution < -0.4 is 20.3 Å². The van der Waals surface area contributed by atoms with E-state index in [1.54, 1.807) is 6.92 Å². The van der Waals surface area contributed by atoms with Crippen molar-refractivity contribution >= 4 is 23.4 Å². The van der Waals surface area contributed by atoms with E-state index in [9.17, 15) is 14.0 Å². The zero-order chi connectivity index (χ0) is 19.1. The number of carbonyl (C=O) groups is 2. The van der Waals surface area contributed by atoms with Gasteiger partial charge in [-0.15, -0.1) is 0 Å². The number of carbonyl (C=O) groups excluding carboxylic acids is 2. The highest BCUT2D eigenvalue weighted by molar-refractivity contribution is 6.32. The van der Waals surface area contributed by atoms with Crippen LogP contribution in [0.25, 0.3) is 0 Å². The first-order valence-electron chi connectivity index (χ1n) is 7.78. The number of hydrazine groups is 1. The van der Waals surface area contributed by atoms with Gasteiger partial charge in [0.15, 0.2) is 11.5 Å². The van der Waals surface area contributed by atoms with Crippen LogP contribution in [0.15, 0.2) is 36.4 Å². The normalized spacial score (nSPS) is 10.2. The van der Waals surface area contributed by atoms with Crippen LogP contribution in [0.2, 0.25) is 5.02 Å². The van der Waals surface area contributed by atoms with E-state index in [1.807, 2.05) is 0 Å². The van der Waals surface area contributed by atoms with E-state index in [-0.39, 0.29) is 22.8 Å². The lowest BCUT2D eigenvalue weighted by atomic mass is 10.1. The average molecular weight is 381 g/mol. The lowest BCUT2D eigenvalue weighted by molar-refractivity contribution is -0.121. The molecule has 0 fully saturated rings. The fourth-order valence-electron chi connectivity index (χ4n) is 2.17. The second-order valence-electron chi connectivity index (χ2n) is 5.23. The third kappa shape index (κ3) is 5.10. The summed E-state index contributed by atoms with van der Waals surface area (Å²) in [6.07, 6.45) is -0.00604. The Kier molecular flexibility index (Phi) is 6.80. The maximum Gasteiger partial charge on any atom is 0.269 e. The van der Waals surface area contributed by atoms with Crippen molar-refractivity contribution in [3.8, 4) is 11.5 Å². The predicted molar refractivity (Wildman–Crippen MR) is 94.9 cm³/mol. The number of rotatable bonds is 6. The lowest BCUT2D eigenvalue weighted by Crippen LogP contribution is -2.42. The monoisotopic (exact) mass is 380 g/mol. The van der Waals surface area contributed by atoms with Crippen LogP contribution in [-0.4, -0.2) is 25.5 Å². The quantitative estimate of drug-likeness (QED) is 0.755. The maximum absolute atomic E-state index is 12.8. The van der Waals surface area contributed by atoms with E-state index in [1.165, 1.54) is 43.5 Å². The van der Waals surface area contributed by atoms with Crippen molar-refractivity contribution in [1.82, 2.24) is 10.9 Å². The number of methoxy groups -OCH3 is 1. The summed E-state index contributed by atoms with van der Waals surface area (Å²) < 4.78 is 23.4. The van der Waals surface area contributed by atoms with Gasteiger partial charge >= 0.3 is 0 Å². The van der Waals surface area contributed by atoms with Gasteiger partial charge in [0.1, 0.15) is 5.82 Å². The summed E-state index contributed by atoms with van der Waals surface area (Å²) in [6.45, 7) is 2.19. The molecule has 6 nitrogen and oxygen atoms in total. The van der Waals surface area contributed by atoms with E-state index in [0.717, 1.165) is 0 Å². The van der Waals surface area contributed by atoms with Gasteiger partial charge in [-0.3, -0.25) is 20.4 Å². The fraction of sp³-hybridized carbons (Fsp3) is 0.222. The smallest absolute Gasteiger partial charge is 0.269 e. The van der Waals surface area contributed by atoms with Crippen molar-refractivity contribution in [2.24, 2.45) is 0 Å². The number of hydrogen-bond donors (Lipinski definition) is 2. The highest BCUT2D eigenvalue weighted by Gasteiger charge is 2.16. The van der Waals surface area contributed by atoms with Crippen molar-refractivity contribution in [3.63, 3.8) is 0 Å². The summed E-state index contributed by atoms with van der Waals surface area (Å²) >= 11 is 6.12. The molecule has 0 heterocycles. The molecule has 0 bridgehead atoms. The first-order valence-corrected chi connectivity index (χ1v) is 8.16. The van der Waals surface area contributed by atoms with Crippen LogP contribution >= 0.6 is 11.6 Å². The molecule has 0 aliphatic carbocycles. The van der Waals surface area contributed by atoms with Gasteiger partial charge in [-0.05, 0) is 36.8 Å². The molecule has 0 atom stereocenters. The molecule has 2 aromatic rings. The Morgan fingerprint density at radius 2 is 1.85 bits per heavy atom. The largest absolute Gasteiger partial charge is 0.493 e. The number of ether oxygens (including phenoxy) is 2. The van der Waals surface area contributed by atoms with Crippen LogP contribution in [0.3, 0.4) is 0 Å². The van der Waals surface area contributed by atoms with Crippen molar-refractivity contribution in [2.75, 3.05) is 13.7 Å². The van der Waals surface area contributed by atoms with E-state index in [2.05, 4.69) is 10.9 Å². The summed E-state index contributed by atoms with van der Waals surface area (Å²) in [7, 11) is 1.43. The molecule has 0 aliphatic rings. The molecule has 138 valence electrons. The minimum absolute atomic E-state index is 0.00604. The van der Waals surface area contributed by atoms with E-state index >= 15 is 0 Å². The van der Waals surface area contributed by atoms with Gasteiger partial charge in [-0.2, -0.15) is 0 Å². The highest BCUT2D eigenvalue weighted by atomic mass is 35.5. The van der Waals surface area contributed by atoms with Crippen LogP contribution in [-0.2, 0) is 11.2 Å². The molecule has 0 unspecified atom stereocenters. The molecule has 8 heteroatoms. The molecule has 0 radical (unpaired) electrons. The molecule has 26 heavy (non-hydrogen) atoms. The SMILES string of the molecule is CCOc1c(Cl)cc(C(=O)NNC(=O)Cc2ccc(F)cc2)cc1OC. The minimum Gasteiger partial charge on any atom is -0.493 e. The van der Waals surface area contributed by atoms with Gasteiger partial charge in [0, 0.05) is 5.56 Å². The van der Waals surface area contributed by atoms with Crippen LogP contribution in [0.1, 0.15) is 22.8 Å². The predicted octanol–water partition coefficient (Wildman–Crippen LogP) is 2.89. The first-order chi connectivity index (χ1) is 12.4. The van der Waals surface area contributed by atoms with Crippen LogP contribution in [0, 0.1) is 5.82 Å². The Balaban J connectivity index is 1.99. The molecule has 0 saturated carbocycles. The van der Waals surface area contributed by atoms with Gasteiger partial charge in [0.2, 0.25) is 5.91 Å². The third-order valence-electron chi connectivity index (χ3n) is 3.37. The van der Waals surface area contributed by atoms with Gasteiger partial charge in [0.05, 0.1) is 25.2 Å². The zero-order valence-electron chi connectivity index (χ0n) is 14.3. The second kappa shape index (κ2) is 9.05.